The number of anilines is 1. The lowest BCUT2D eigenvalue weighted by Gasteiger charge is -2.29. The molecule has 0 aliphatic carbocycles. The van der Waals surface area contributed by atoms with Crippen molar-refractivity contribution in [3.8, 4) is 11.5 Å². The van der Waals surface area contributed by atoms with Crippen molar-refractivity contribution in [3.05, 3.63) is 115 Å². The normalized spacial score (nSPS) is 12.5. The monoisotopic (exact) mass is 541 g/mol. The Morgan fingerprint density at radius 1 is 0.875 bits per heavy atom. The van der Waals surface area contributed by atoms with Crippen LogP contribution in [0.3, 0.4) is 0 Å². The number of allylic oxidation sites excluding steroid dienone is 1. The number of benzene rings is 4. The van der Waals surface area contributed by atoms with Crippen molar-refractivity contribution in [1.82, 2.24) is 0 Å². The Hall–Kier alpha value is -4.82. The summed E-state index contributed by atoms with van der Waals surface area (Å²) in [5.41, 5.74) is 1.14. The van der Waals surface area contributed by atoms with E-state index in [-0.39, 0.29) is 13.2 Å². The van der Waals surface area contributed by atoms with E-state index in [1.54, 1.807) is 42.5 Å². The van der Waals surface area contributed by atoms with E-state index >= 15 is 0 Å². The molecule has 0 saturated heterocycles. The van der Waals surface area contributed by atoms with Crippen LogP contribution < -0.4 is 14.8 Å². The first-order valence-corrected chi connectivity index (χ1v) is 12.9. The van der Waals surface area contributed by atoms with E-state index in [1.807, 2.05) is 54.6 Å². The van der Waals surface area contributed by atoms with Gasteiger partial charge in [0, 0.05) is 17.0 Å². The van der Waals surface area contributed by atoms with Crippen LogP contribution in [0.1, 0.15) is 24.5 Å². The molecule has 0 fully saturated rings. The van der Waals surface area contributed by atoms with Gasteiger partial charge in [-0.05, 0) is 42.5 Å². The molecule has 206 valence electrons. The maximum Gasteiger partial charge on any atom is 0.412 e. The van der Waals surface area contributed by atoms with Crippen molar-refractivity contribution in [2.45, 2.75) is 25.0 Å². The quantitative estimate of drug-likeness (QED) is 0.169. The van der Waals surface area contributed by atoms with Crippen molar-refractivity contribution in [3.63, 3.8) is 0 Å². The summed E-state index contributed by atoms with van der Waals surface area (Å²) in [5.74, 6) is -0.0562. The number of aliphatic hydroxyl groups is 1. The molecular formula is C32H31NO7. The Labute approximate surface area is 232 Å². The summed E-state index contributed by atoms with van der Waals surface area (Å²) >= 11 is 0. The molecule has 0 aromatic heterocycles. The average molecular weight is 542 g/mol. The number of nitrogens with one attached hydrogen (secondary N) is 1. The third-order valence-corrected chi connectivity index (χ3v) is 6.08. The second-order valence-corrected chi connectivity index (χ2v) is 8.87. The van der Waals surface area contributed by atoms with Crippen LogP contribution in [0.15, 0.2) is 109 Å². The second kappa shape index (κ2) is 14.4. The number of fused-ring (bicyclic) bond motifs is 1. The summed E-state index contributed by atoms with van der Waals surface area (Å²) in [7, 11) is 0. The molecule has 0 aliphatic rings. The summed E-state index contributed by atoms with van der Waals surface area (Å²) in [6.45, 7) is -0.136. The number of carboxylic acid groups (broad SMARTS) is 1. The zero-order valence-corrected chi connectivity index (χ0v) is 21.8. The van der Waals surface area contributed by atoms with Gasteiger partial charge in [-0.1, -0.05) is 78.9 Å². The smallest absolute Gasteiger partial charge is 0.412 e. The fourth-order valence-corrected chi connectivity index (χ4v) is 4.32. The number of rotatable bonds is 13. The molecule has 40 heavy (non-hydrogen) atoms. The topological polar surface area (TPSA) is 114 Å². The van der Waals surface area contributed by atoms with Crippen LogP contribution in [0.4, 0.5) is 10.5 Å². The van der Waals surface area contributed by atoms with E-state index in [1.165, 1.54) is 6.08 Å². The first-order valence-electron chi connectivity index (χ1n) is 12.9. The SMILES string of the molecule is O=C(O)/C=C/CC[C@@H](Oc1ccccc1)[C@H](OC(=O)Nc1cccc2ccccc12)c1ccccc1OCCO. The van der Waals surface area contributed by atoms with Gasteiger partial charge in [-0.3, -0.25) is 5.32 Å². The Morgan fingerprint density at radius 3 is 2.40 bits per heavy atom. The summed E-state index contributed by atoms with van der Waals surface area (Å²) in [6, 6.07) is 29.5. The van der Waals surface area contributed by atoms with Crippen LogP contribution in [0.25, 0.3) is 10.8 Å². The summed E-state index contributed by atoms with van der Waals surface area (Å²) in [4.78, 5) is 24.4. The minimum atomic E-state index is -1.05. The van der Waals surface area contributed by atoms with Gasteiger partial charge in [0.15, 0.2) is 6.10 Å². The first kappa shape index (κ1) is 28.2. The largest absolute Gasteiger partial charge is 0.491 e. The van der Waals surface area contributed by atoms with E-state index in [4.69, 9.17) is 19.3 Å². The Balaban J connectivity index is 1.68. The minimum Gasteiger partial charge on any atom is -0.491 e. The van der Waals surface area contributed by atoms with Crippen molar-refractivity contribution in [2.75, 3.05) is 18.5 Å². The highest BCUT2D eigenvalue weighted by molar-refractivity contribution is 6.00. The minimum absolute atomic E-state index is 0.0531. The van der Waals surface area contributed by atoms with Gasteiger partial charge in [-0.2, -0.15) is 0 Å². The van der Waals surface area contributed by atoms with E-state index in [0.29, 0.717) is 35.6 Å². The van der Waals surface area contributed by atoms with Gasteiger partial charge < -0.3 is 24.4 Å². The number of amides is 1. The molecule has 0 saturated carbocycles. The van der Waals surface area contributed by atoms with Crippen molar-refractivity contribution >= 4 is 28.5 Å². The first-order chi connectivity index (χ1) is 19.5. The van der Waals surface area contributed by atoms with Crippen LogP contribution in [-0.4, -0.2) is 41.6 Å². The molecule has 2 atom stereocenters. The number of para-hydroxylation sites is 2. The Kier molecular flexibility index (Phi) is 10.1. The third kappa shape index (κ3) is 7.85. The average Bonchev–Trinajstić information content (AvgIpc) is 2.97. The molecule has 4 rings (SSSR count). The molecule has 0 aliphatic heterocycles. The van der Waals surface area contributed by atoms with E-state index in [2.05, 4.69) is 5.32 Å². The predicted molar refractivity (Wildman–Crippen MR) is 153 cm³/mol. The molecule has 8 nitrogen and oxygen atoms in total. The Bertz CT molecular complexity index is 1430. The molecule has 0 radical (unpaired) electrons. The summed E-state index contributed by atoms with van der Waals surface area (Å²) in [6.07, 6.45) is 0.946. The van der Waals surface area contributed by atoms with Crippen LogP contribution in [0.2, 0.25) is 0 Å². The molecule has 8 heteroatoms. The van der Waals surface area contributed by atoms with Gasteiger partial charge in [0.25, 0.3) is 0 Å². The van der Waals surface area contributed by atoms with E-state index < -0.39 is 24.3 Å². The standard InChI is InChI=1S/C32H31NO7/c34-21-22-38-28-18-7-6-16-26(28)31(29(19-8-9-20-30(35)36)39-24-13-2-1-3-14-24)40-32(37)33-27-17-10-12-23-11-4-5-15-25(23)27/h1-7,9-18,20,29,31,34H,8,19,21-22H2,(H,33,37)(H,35,36)/b20-9+/t29-,31-/m1/s1. The highest BCUT2D eigenvalue weighted by Crippen LogP contribution is 2.35. The van der Waals surface area contributed by atoms with Gasteiger partial charge in [0.1, 0.15) is 24.2 Å². The van der Waals surface area contributed by atoms with Gasteiger partial charge in [0.2, 0.25) is 0 Å². The van der Waals surface area contributed by atoms with Crippen LogP contribution in [0.5, 0.6) is 11.5 Å². The number of carbonyl (C=O) groups is 2. The zero-order chi connectivity index (χ0) is 28.2. The third-order valence-electron chi connectivity index (χ3n) is 6.08. The second-order valence-electron chi connectivity index (χ2n) is 8.87. The van der Waals surface area contributed by atoms with E-state index in [0.717, 1.165) is 16.8 Å². The van der Waals surface area contributed by atoms with Crippen molar-refractivity contribution in [1.29, 1.82) is 0 Å². The predicted octanol–water partition coefficient (Wildman–Crippen LogP) is 6.37. The van der Waals surface area contributed by atoms with Crippen LogP contribution in [-0.2, 0) is 9.53 Å². The maximum atomic E-state index is 13.4. The zero-order valence-electron chi connectivity index (χ0n) is 21.8. The fraction of sp³-hybridized carbons (Fsp3) is 0.188. The number of aliphatic carboxylic acids is 1. The number of hydrogen-bond acceptors (Lipinski definition) is 6. The molecule has 4 aromatic rings. The highest BCUT2D eigenvalue weighted by Gasteiger charge is 2.31. The molecule has 0 bridgehead atoms. The highest BCUT2D eigenvalue weighted by atomic mass is 16.6. The van der Waals surface area contributed by atoms with Gasteiger partial charge in [0.05, 0.1) is 12.3 Å². The number of aliphatic hydroxyl groups excluding tert-OH is 1. The fourth-order valence-electron chi connectivity index (χ4n) is 4.32. The molecule has 3 N–H and O–H groups in total. The maximum absolute atomic E-state index is 13.4. The molecular weight excluding hydrogens is 510 g/mol. The summed E-state index contributed by atoms with van der Waals surface area (Å²) in [5, 5.41) is 23.1. The lowest BCUT2D eigenvalue weighted by atomic mass is 9.99. The van der Waals surface area contributed by atoms with Crippen LogP contribution >= 0.6 is 0 Å². The van der Waals surface area contributed by atoms with Crippen LogP contribution in [0, 0.1) is 0 Å². The van der Waals surface area contributed by atoms with Gasteiger partial charge >= 0.3 is 12.1 Å². The summed E-state index contributed by atoms with van der Waals surface area (Å²) < 4.78 is 18.2. The Morgan fingerprint density at radius 2 is 1.60 bits per heavy atom. The van der Waals surface area contributed by atoms with E-state index in [9.17, 15) is 14.7 Å². The molecule has 0 spiro atoms. The van der Waals surface area contributed by atoms with Crippen molar-refractivity contribution in [2.24, 2.45) is 0 Å². The molecule has 4 aromatic carbocycles. The number of ether oxygens (including phenoxy) is 3. The molecule has 1 amide bonds. The van der Waals surface area contributed by atoms with Crippen molar-refractivity contribution < 1.29 is 34.0 Å². The van der Waals surface area contributed by atoms with Gasteiger partial charge in [-0.15, -0.1) is 0 Å². The molecule has 0 heterocycles. The number of carbonyl (C=O) groups excluding carboxylic acids is 1. The lowest BCUT2D eigenvalue weighted by Crippen LogP contribution is -2.31. The van der Waals surface area contributed by atoms with Gasteiger partial charge in [-0.25, -0.2) is 9.59 Å². The number of hydrogen-bond donors (Lipinski definition) is 3. The molecule has 0 unspecified atom stereocenters. The lowest BCUT2D eigenvalue weighted by molar-refractivity contribution is -0.131. The number of carboxylic acids is 1.